The fourth-order valence-electron chi connectivity index (χ4n) is 3.09. The second kappa shape index (κ2) is 10.3. The smallest absolute Gasteiger partial charge is 0.303 e. The molecule has 10 heteroatoms. The van der Waals surface area contributed by atoms with E-state index in [1.165, 1.54) is 32.5 Å². The summed E-state index contributed by atoms with van der Waals surface area (Å²) in [6.45, 7) is 3.73. The molecule has 164 valence electrons. The van der Waals surface area contributed by atoms with Gasteiger partial charge in [-0.1, -0.05) is 0 Å². The maximum atomic E-state index is 11.7. The fourth-order valence-corrected chi connectivity index (χ4v) is 4.30. The fraction of sp³-hybridized carbons (Fsp3) is 0.381. The molecule has 0 amide bonds. The molecule has 0 aliphatic carbocycles. The van der Waals surface area contributed by atoms with E-state index in [1.807, 2.05) is 12.1 Å². The molecule has 1 aliphatic rings. The number of nitrogens with zero attached hydrogens (tertiary/aromatic N) is 2. The minimum Gasteiger partial charge on any atom is -0.474 e. The zero-order valence-corrected chi connectivity index (χ0v) is 18.0. The van der Waals surface area contributed by atoms with E-state index in [1.54, 1.807) is 30.7 Å². The molecular weight excluding hydrogens is 424 g/mol. The molecule has 2 aromatic heterocycles. The molecule has 0 N–H and O–H groups in total. The lowest BCUT2D eigenvalue weighted by atomic mass is 10.1. The summed E-state index contributed by atoms with van der Waals surface area (Å²) >= 11 is 1.29. The standard InChI is InChI=1S/C21H22N2O7S/c1-12(24)27-18-11-31-21(20(29-14(3)26)19(18)28-13(2)25)30-16-4-5-17(23-10-16)15-6-8-22-9-7-15/h4-10,18-21H,11H2,1-3H3/t18-,19+,20-,21+/m1/s1. The summed E-state index contributed by atoms with van der Waals surface area (Å²) in [6.07, 6.45) is 2.16. The van der Waals surface area contributed by atoms with Crippen molar-refractivity contribution in [3.05, 3.63) is 42.9 Å². The van der Waals surface area contributed by atoms with Crippen LogP contribution in [-0.2, 0) is 28.6 Å². The third-order valence-electron chi connectivity index (χ3n) is 4.27. The van der Waals surface area contributed by atoms with Crippen LogP contribution in [0.5, 0.6) is 5.75 Å². The molecule has 0 unspecified atom stereocenters. The van der Waals surface area contributed by atoms with Crippen molar-refractivity contribution in [1.29, 1.82) is 0 Å². The maximum Gasteiger partial charge on any atom is 0.303 e. The number of esters is 3. The number of ether oxygens (including phenoxy) is 4. The molecule has 0 radical (unpaired) electrons. The van der Waals surface area contributed by atoms with Crippen LogP contribution < -0.4 is 4.74 Å². The number of pyridine rings is 2. The van der Waals surface area contributed by atoms with Crippen molar-refractivity contribution in [3.63, 3.8) is 0 Å². The summed E-state index contributed by atoms with van der Waals surface area (Å²) in [4.78, 5) is 43.2. The Morgan fingerprint density at radius 2 is 1.55 bits per heavy atom. The van der Waals surface area contributed by atoms with Crippen LogP contribution in [0.15, 0.2) is 42.9 Å². The predicted molar refractivity (Wildman–Crippen MR) is 111 cm³/mol. The Morgan fingerprint density at radius 1 is 0.903 bits per heavy atom. The van der Waals surface area contributed by atoms with E-state index < -0.39 is 41.7 Å². The molecule has 0 spiro atoms. The lowest BCUT2D eigenvalue weighted by Crippen LogP contribution is -2.55. The number of carbonyl (C=O) groups excluding carboxylic acids is 3. The van der Waals surface area contributed by atoms with Gasteiger partial charge in [0.1, 0.15) is 5.75 Å². The summed E-state index contributed by atoms with van der Waals surface area (Å²) in [7, 11) is 0. The Balaban J connectivity index is 1.80. The first-order valence-corrected chi connectivity index (χ1v) is 10.5. The Morgan fingerprint density at radius 3 is 2.13 bits per heavy atom. The average molecular weight is 446 g/mol. The number of rotatable bonds is 6. The summed E-state index contributed by atoms with van der Waals surface area (Å²) in [5.41, 5.74) is 0.953. The highest BCUT2D eigenvalue weighted by Crippen LogP contribution is 2.34. The zero-order valence-electron chi connectivity index (χ0n) is 17.2. The summed E-state index contributed by atoms with van der Waals surface area (Å²) in [6, 6.07) is 7.22. The van der Waals surface area contributed by atoms with Gasteiger partial charge in [-0.2, -0.15) is 0 Å². The molecule has 0 aromatic carbocycles. The number of hydrogen-bond donors (Lipinski definition) is 0. The van der Waals surface area contributed by atoms with Gasteiger partial charge in [0.05, 0.1) is 11.9 Å². The highest BCUT2D eigenvalue weighted by Gasteiger charge is 2.47. The zero-order chi connectivity index (χ0) is 22.4. The highest BCUT2D eigenvalue weighted by molar-refractivity contribution is 7.99. The van der Waals surface area contributed by atoms with E-state index in [4.69, 9.17) is 18.9 Å². The van der Waals surface area contributed by atoms with Crippen LogP contribution in [0, 0.1) is 0 Å². The van der Waals surface area contributed by atoms with Gasteiger partial charge in [0, 0.05) is 44.5 Å². The van der Waals surface area contributed by atoms with Gasteiger partial charge in [-0.15, -0.1) is 11.8 Å². The molecule has 2 aromatic rings. The van der Waals surface area contributed by atoms with Gasteiger partial charge in [-0.25, -0.2) is 0 Å². The van der Waals surface area contributed by atoms with Gasteiger partial charge in [-0.05, 0) is 24.3 Å². The van der Waals surface area contributed by atoms with Crippen LogP contribution in [0.1, 0.15) is 20.8 Å². The first-order valence-electron chi connectivity index (χ1n) is 9.50. The van der Waals surface area contributed by atoms with Gasteiger partial charge < -0.3 is 18.9 Å². The van der Waals surface area contributed by atoms with E-state index >= 15 is 0 Å². The molecule has 4 atom stereocenters. The van der Waals surface area contributed by atoms with Crippen LogP contribution in [0.3, 0.4) is 0 Å². The number of thioether (sulfide) groups is 1. The Bertz CT molecular complexity index is 923. The molecule has 3 heterocycles. The lowest BCUT2D eigenvalue weighted by molar-refractivity contribution is -0.186. The van der Waals surface area contributed by atoms with Crippen LogP contribution in [-0.4, -0.2) is 57.4 Å². The van der Waals surface area contributed by atoms with Crippen molar-refractivity contribution < 1.29 is 33.3 Å². The van der Waals surface area contributed by atoms with E-state index in [2.05, 4.69) is 9.97 Å². The van der Waals surface area contributed by atoms with Gasteiger partial charge in [0.25, 0.3) is 0 Å². The van der Waals surface area contributed by atoms with Crippen LogP contribution in [0.25, 0.3) is 11.3 Å². The number of aromatic nitrogens is 2. The molecule has 1 fully saturated rings. The summed E-state index contributed by atoms with van der Waals surface area (Å²) in [5.74, 6) is -0.957. The van der Waals surface area contributed by atoms with Crippen molar-refractivity contribution in [2.45, 2.75) is 44.5 Å². The number of hydrogen-bond acceptors (Lipinski definition) is 10. The van der Waals surface area contributed by atoms with Crippen molar-refractivity contribution >= 4 is 29.7 Å². The number of carbonyl (C=O) groups is 3. The molecule has 1 saturated heterocycles. The van der Waals surface area contributed by atoms with Crippen molar-refractivity contribution in [3.8, 4) is 17.0 Å². The van der Waals surface area contributed by atoms with Crippen LogP contribution in [0.4, 0.5) is 0 Å². The SMILES string of the molecule is CC(=O)O[C@@H]1[C@@H](OC(C)=O)[C@@H](Oc2ccc(-c3ccncc3)nc2)SC[C@H]1OC(C)=O. The first kappa shape index (κ1) is 22.5. The second-order valence-corrected chi connectivity index (χ2v) is 7.86. The normalized spacial score (nSPS) is 22.8. The molecule has 1 aliphatic heterocycles. The van der Waals surface area contributed by atoms with Crippen LogP contribution >= 0.6 is 11.8 Å². The second-order valence-electron chi connectivity index (χ2n) is 6.73. The molecule has 0 saturated carbocycles. The largest absolute Gasteiger partial charge is 0.474 e. The molecule has 9 nitrogen and oxygen atoms in total. The van der Waals surface area contributed by atoms with E-state index in [0.717, 1.165) is 11.3 Å². The molecule has 3 rings (SSSR count). The van der Waals surface area contributed by atoms with Crippen molar-refractivity contribution in [2.75, 3.05) is 5.75 Å². The van der Waals surface area contributed by atoms with Crippen LogP contribution in [0.2, 0.25) is 0 Å². The van der Waals surface area contributed by atoms with Gasteiger partial charge >= 0.3 is 17.9 Å². The maximum absolute atomic E-state index is 11.7. The minimum atomic E-state index is -0.999. The van der Waals surface area contributed by atoms with Gasteiger partial charge in [0.15, 0.2) is 23.7 Å². The minimum absolute atomic E-state index is 0.294. The summed E-state index contributed by atoms with van der Waals surface area (Å²) in [5, 5.41) is 0. The Labute approximate surface area is 183 Å². The third kappa shape index (κ3) is 6.17. The molecule has 31 heavy (non-hydrogen) atoms. The quantitative estimate of drug-likeness (QED) is 0.484. The topological polar surface area (TPSA) is 114 Å². The van der Waals surface area contributed by atoms with Gasteiger partial charge in [0.2, 0.25) is 0 Å². The molecule has 0 bridgehead atoms. The molecular formula is C21H22N2O7S. The van der Waals surface area contributed by atoms with E-state index in [-0.39, 0.29) is 0 Å². The monoisotopic (exact) mass is 446 g/mol. The van der Waals surface area contributed by atoms with Gasteiger partial charge in [-0.3, -0.25) is 24.4 Å². The predicted octanol–water partition coefficient (Wildman–Crippen LogP) is 2.39. The lowest BCUT2D eigenvalue weighted by Gasteiger charge is -2.39. The highest BCUT2D eigenvalue weighted by atomic mass is 32.2. The summed E-state index contributed by atoms with van der Waals surface area (Å²) < 4.78 is 22.1. The Kier molecular flexibility index (Phi) is 7.45. The third-order valence-corrected chi connectivity index (χ3v) is 5.48. The van der Waals surface area contributed by atoms with Crippen molar-refractivity contribution in [1.82, 2.24) is 9.97 Å². The van der Waals surface area contributed by atoms with E-state index in [9.17, 15) is 14.4 Å². The van der Waals surface area contributed by atoms with E-state index in [0.29, 0.717) is 11.5 Å². The van der Waals surface area contributed by atoms with Crippen molar-refractivity contribution in [2.24, 2.45) is 0 Å². The Hall–Kier alpha value is -3.14. The average Bonchev–Trinajstić information content (AvgIpc) is 2.72. The first-order chi connectivity index (χ1) is 14.8.